The van der Waals surface area contributed by atoms with E-state index >= 15 is 0 Å². The Kier molecular flexibility index (Phi) is 11.8. The summed E-state index contributed by atoms with van der Waals surface area (Å²) in [5.41, 5.74) is 3.57. The molecule has 4 heterocycles. The molecule has 2 fully saturated rings. The summed E-state index contributed by atoms with van der Waals surface area (Å²) in [6, 6.07) is 0. The van der Waals surface area contributed by atoms with E-state index in [2.05, 4.69) is 20.3 Å². The molecule has 2 atom stereocenters. The number of hydrogen-bond acceptors (Lipinski definition) is 12. The van der Waals surface area contributed by atoms with Crippen LogP contribution in [0, 0.1) is 11.8 Å². The van der Waals surface area contributed by atoms with E-state index in [4.69, 9.17) is 9.05 Å². The number of halogens is 6. The standard InChI is InChI=1S/2C22H21F3N2O4S/c2*23-22(24,25)11-6-7-14-16(8-11)32-17(9-15(28)12-2-1-3-13(12)21(29)30)18(14)20-26-19(27-31-20)10-4-5-10/h2*10-11H,1-9H2,(H,29,30)/t11-;/m0./s1. The van der Waals surface area contributed by atoms with Crippen molar-refractivity contribution in [3.05, 3.63) is 64.6 Å². The van der Waals surface area contributed by atoms with Crippen LogP contribution >= 0.6 is 22.7 Å². The third kappa shape index (κ3) is 9.00. The lowest BCUT2D eigenvalue weighted by molar-refractivity contribution is -0.177. The molecular formula is C44H42F6N4O8S2. The first kappa shape index (κ1) is 44.2. The molecule has 0 radical (unpaired) electrons. The van der Waals surface area contributed by atoms with Gasteiger partial charge in [0.25, 0.3) is 11.8 Å². The van der Waals surface area contributed by atoms with E-state index in [1.165, 1.54) is 22.7 Å². The summed E-state index contributed by atoms with van der Waals surface area (Å²) in [6.07, 6.45) is -1.89. The van der Waals surface area contributed by atoms with E-state index in [1.807, 2.05) is 0 Å². The van der Waals surface area contributed by atoms with Gasteiger partial charge >= 0.3 is 24.3 Å². The van der Waals surface area contributed by atoms with E-state index < -0.39 is 36.1 Å². The van der Waals surface area contributed by atoms with E-state index in [1.54, 1.807) is 0 Å². The minimum atomic E-state index is -4.27. The molecular weight excluding hydrogens is 891 g/mol. The maximum absolute atomic E-state index is 13.3. The third-order valence-electron chi connectivity index (χ3n) is 13.1. The van der Waals surface area contributed by atoms with Crippen molar-refractivity contribution in [2.75, 3.05) is 0 Å². The fourth-order valence-corrected chi connectivity index (χ4v) is 12.2. The maximum Gasteiger partial charge on any atom is 0.392 e. The smallest absolute Gasteiger partial charge is 0.392 e. The Balaban J connectivity index is 0.000000162. The maximum atomic E-state index is 13.3. The number of rotatable bonds is 12. The number of aliphatic carboxylic acids is 2. The Morgan fingerprint density at radius 2 is 0.938 bits per heavy atom. The number of Topliss-reactive ketones (excluding diaryl/α,β-unsaturated/α-hetero) is 2. The number of allylic oxidation sites excluding steroid dienone is 2. The first-order chi connectivity index (χ1) is 30.4. The van der Waals surface area contributed by atoms with Crippen LogP contribution in [0.4, 0.5) is 26.3 Å². The first-order valence-electron chi connectivity index (χ1n) is 21.5. The van der Waals surface area contributed by atoms with Crippen LogP contribution in [0.3, 0.4) is 0 Å². The second-order valence-corrected chi connectivity index (χ2v) is 19.8. The quantitative estimate of drug-likeness (QED) is 0.128. The van der Waals surface area contributed by atoms with E-state index in [0.717, 1.165) is 36.8 Å². The number of thiophene rings is 2. The molecule has 340 valence electrons. The molecule has 12 nitrogen and oxygen atoms in total. The molecule has 6 aliphatic rings. The summed E-state index contributed by atoms with van der Waals surface area (Å²) in [6.45, 7) is 0. The highest BCUT2D eigenvalue weighted by molar-refractivity contribution is 7.13. The van der Waals surface area contributed by atoms with Gasteiger partial charge in [-0.05, 0) is 114 Å². The summed E-state index contributed by atoms with van der Waals surface area (Å²) in [4.78, 5) is 60.3. The number of carbonyl (C=O) groups is 4. The fraction of sp³-hybridized carbons (Fsp3) is 0.545. The molecule has 64 heavy (non-hydrogen) atoms. The molecule has 0 amide bonds. The highest BCUT2D eigenvalue weighted by atomic mass is 32.1. The molecule has 0 bridgehead atoms. The van der Waals surface area contributed by atoms with Crippen LogP contribution in [0.1, 0.15) is 131 Å². The van der Waals surface area contributed by atoms with Gasteiger partial charge in [-0.15, -0.1) is 22.7 Å². The number of hydrogen-bond donors (Lipinski definition) is 2. The number of ketones is 2. The average Bonchev–Trinajstić information content (AvgIpc) is 3.77. The molecule has 2 N–H and O–H groups in total. The molecule has 0 aromatic carbocycles. The fourth-order valence-electron chi connectivity index (χ4n) is 9.36. The number of carbonyl (C=O) groups excluding carboxylic acids is 2. The Morgan fingerprint density at radius 3 is 1.28 bits per heavy atom. The van der Waals surface area contributed by atoms with Crippen molar-refractivity contribution in [1.29, 1.82) is 0 Å². The van der Waals surface area contributed by atoms with Crippen LogP contribution in [-0.4, -0.2) is 66.4 Å². The van der Waals surface area contributed by atoms with Crippen molar-refractivity contribution in [3.63, 3.8) is 0 Å². The molecule has 4 aromatic rings. The van der Waals surface area contributed by atoms with Gasteiger partial charge in [0, 0.05) is 66.5 Å². The molecule has 10 rings (SSSR count). The molecule has 6 aliphatic carbocycles. The number of carboxylic acid groups (broad SMARTS) is 2. The average molecular weight is 933 g/mol. The third-order valence-corrected chi connectivity index (χ3v) is 15.6. The zero-order valence-electron chi connectivity index (χ0n) is 34.3. The van der Waals surface area contributed by atoms with Crippen LogP contribution in [0.25, 0.3) is 22.9 Å². The SMILES string of the molecule is O=C(O)C1=C(C(=O)Cc2sc3c(c2-c2nc(C4CC4)no2)CCC(C(F)(F)F)C3)CCC1.O=C(O)C1=C(C(=O)Cc2sc3c(c2-c2nc(C4CC4)no2)CC[C@H](C(F)(F)F)C3)CCC1. The Morgan fingerprint density at radius 1 is 0.562 bits per heavy atom. The van der Waals surface area contributed by atoms with Crippen molar-refractivity contribution >= 4 is 46.2 Å². The molecule has 0 aliphatic heterocycles. The molecule has 0 spiro atoms. The van der Waals surface area contributed by atoms with Gasteiger partial charge in [-0.1, -0.05) is 10.3 Å². The number of alkyl halides is 6. The summed E-state index contributed by atoms with van der Waals surface area (Å²) < 4.78 is 91.0. The second-order valence-electron chi connectivity index (χ2n) is 17.5. The lowest BCUT2D eigenvalue weighted by Crippen LogP contribution is -2.28. The second kappa shape index (κ2) is 17.1. The summed E-state index contributed by atoms with van der Waals surface area (Å²) >= 11 is 2.38. The van der Waals surface area contributed by atoms with E-state index in [-0.39, 0.29) is 97.7 Å². The largest absolute Gasteiger partial charge is 0.478 e. The van der Waals surface area contributed by atoms with Crippen molar-refractivity contribution in [2.45, 2.75) is 140 Å². The molecule has 2 saturated carbocycles. The predicted octanol–water partition coefficient (Wildman–Crippen LogP) is 10.0. The van der Waals surface area contributed by atoms with Gasteiger partial charge in [-0.25, -0.2) is 9.59 Å². The number of carboxylic acids is 2. The number of fused-ring (bicyclic) bond motifs is 2. The molecule has 1 unspecified atom stereocenters. The normalized spacial score (nSPS) is 21.2. The monoisotopic (exact) mass is 932 g/mol. The minimum Gasteiger partial charge on any atom is -0.478 e. The van der Waals surface area contributed by atoms with Crippen LogP contribution < -0.4 is 0 Å². The minimum absolute atomic E-state index is 0.0223. The molecule has 4 aromatic heterocycles. The van der Waals surface area contributed by atoms with Crippen molar-refractivity contribution in [1.82, 2.24) is 20.3 Å². The van der Waals surface area contributed by atoms with Gasteiger partial charge in [-0.3, -0.25) is 9.59 Å². The topological polar surface area (TPSA) is 187 Å². The molecule has 20 heteroatoms. The lowest BCUT2D eigenvalue weighted by Gasteiger charge is -2.24. The van der Waals surface area contributed by atoms with E-state index in [0.29, 0.717) is 92.0 Å². The number of nitrogens with zero attached hydrogens (tertiary/aromatic N) is 4. The van der Waals surface area contributed by atoms with Crippen molar-refractivity contribution < 1.29 is 64.8 Å². The number of aromatic nitrogens is 4. The van der Waals surface area contributed by atoms with Crippen LogP contribution in [-0.2, 0) is 57.7 Å². The molecule has 0 saturated heterocycles. The van der Waals surface area contributed by atoms with Crippen LogP contribution in [0.2, 0.25) is 0 Å². The van der Waals surface area contributed by atoms with Gasteiger partial charge in [-0.2, -0.15) is 36.3 Å². The van der Waals surface area contributed by atoms with Gasteiger partial charge in [0.1, 0.15) is 0 Å². The first-order valence-corrected chi connectivity index (χ1v) is 23.1. The van der Waals surface area contributed by atoms with Gasteiger partial charge in [0.15, 0.2) is 23.2 Å². The zero-order chi connectivity index (χ0) is 45.2. The van der Waals surface area contributed by atoms with Crippen LogP contribution in [0.15, 0.2) is 31.3 Å². The Bertz CT molecular complexity index is 2430. The van der Waals surface area contributed by atoms with Crippen molar-refractivity contribution in [2.24, 2.45) is 11.8 Å². The summed E-state index contributed by atoms with van der Waals surface area (Å²) in [5.74, 6) is -3.41. The van der Waals surface area contributed by atoms with Crippen LogP contribution in [0.5, 0.6) is 0 Å². The van der Waals surface area contributed by atoms with E-state index in [9.17, 15) is 55.7 Å². The zero-order valence-corrected chi connectivity index (χ0v) is 35.9. The predicted molar refractivity (Wildman–Crippen MR) is 217 cm³/mol. The highest BCUT2D eigenvalue weighted by Crippen LogP contribution is 2.49. The highest BCUT2D eigenvalue weighted by Gasteiger charge is 2.45. The van der Waals surface area contributed by atoms with Gasteiger partial charge in [0.05, 0.1) is 23.0 Å². The van der Waals surface area contributed by atoms with Crippen molar-refractivity contribution in [3.8, 4) is 22.9 Å². The Labute approximate surface area is 369 Å². The van der Waals surface area contributed by atoms with Gasteiger partial charge < -0.3 is 19.3 Å². The Hall–Kier alpha value is -4.98. The summed E-state index contributed by atoms with van der Waals surface area (Å²) in [7, 11) is 0. The van der Waals surface area contributed by atoms with Gasteiger partial charge in [0.2, 0.25) is 0 Å². The lowest BCUT2D eigenvalue weighted by atomic mass is 9.86. The summed E-state index contributed by atoms with van der Waals surface area (Å²) in [5, 5.41) is 26.8.